The number of carbonyl (C=O) groups is 1. The third kappa shape index (κ3) is 4.20. The Bertz CT molecular complexity index is 1460. The molecule has 1 aliphatic heterocycles. The minimum absolute atomic E-state index is 0.0234. The number of Topliss-reactive ketones (excluding diaryl/α,β-unsaturated/α-hetero) is 1. The van der Waals surface area contributed by atoms with Crippen LogP contribution in [0.15, 0.2) is 63.9 Å². The number of carbonyl (C=O) groups excluding carboxylic acids is 1. The molecule has 0 amide bonds. The van der Waals surface area contributed by atoms with Crippen LogP contribution in [0.1, 0.15) is 15.9 Å². The van der Waals surface area contributed by atoms with Gasteiger partial charge in [0.2, 0.25) is 6.79 Å². The third-order valence-electron chi connectivity index (χ3n) is 5.02. The van der Waals surface area contributed by atoms with Crippen LogP contribution in [-0.2, 0) is 6.54 Å². The molecule has 2 aromatic heterocycles. The molecule has 1 aliphatic rings. The van der Waals surface area contributed by atoms with Crippen LogP contribution in [0.5, 0.6) is 11.5 Å². The SMILES string of the molecule is O=C(CSc1nc2ccsc2c(=O)n1Cc1ccc2c(c1)OCO2)c1cccc([N+](=O)[O-])c1. The highest BCUT2D eigenvalue weighted by atomic mass is 32.2. The van der Waals surface area contributed by atoms with Gasteiger partial charge in [0.05, 0.1) is 22.7 Å². The van der Waals surface area contributed by atoms with Gasteiger partial charge < -0.3 is 9.47 Å². The fourth-order valence-corrected chi connectivity index (χ4v) is 5.07. The highest BCUT2D eigenvalue weighted by molar-refractivity contribution is 7.99. The first-order valence-electron chi connectivity index (χ1n) is 9.76. The Morgan fingerprint density at radius 2 is 2.03 bits per heavy atom. The Hall–Kier alpha value is -3.70. The normalized spacial score (nSPS) is 12.2. The Balaban J connectivity index is 1.45. The van der Waals surface area contributed by atoms with E-state index in [4.69, 9.17) is 9.47 Å². The average molecular weight is 482 g/mol. The second-order valence-electron chi connectivity index (χ2n) is 7.13. The van der Waals surface area contributed by atoms with E-state index in [0.717, 1.165) is 17.3 Å². The lowest BCUT2D eigenvalue weighted by atomic mass is 10.1. The zero-order valence-corrected chi connectivity index (χ0v) is 18.6. The largest absolute Gasteiger partial charge is 0.454 e. The van der Waals surface area contributed by atoms with E-state index in [-0.39, 0.29) is 41.7 Å². The van der Waals surface area contributed by atoms with Gasteiger partial charge in [-0.3, -0.25) is 24.3 Å². The lowest BCUT2D eigenvalue weighted by Crippen LogP contribution is -2.23. The van der Waals surface area contributed by atoms with Gasteiger partial charge in [-0.05, 0) is 29.1 Å². The van der Waals surface area contributed by atoms with Crippen molar-refractivity contribution in [1.29, 1.82) is 0 Å². The van der Waals surface area contributed by atoms with Crippen LogP contribution in [0.4, 0.5) is 5.69 Å². The lowest BCUT2D eigenvalue weighted by Gasteiger charge is -2.12. The molecular formula is C22H15N3O6S2. The van der Waals surface area contributed by atoms with Crippen LogP contribution in [0.2, 0.25) is 0 Å². The summed E-state index contributed by atoms with van der Waals surface area (Å²) in [6.45, 7) is 0.395. The molecule has 2 aromatic carbocycles. The number of hydrogen-bond acceptors (Lipinski definition) is 9. The molecule has 0 radical (unpaired) electrons. The van der Waals surface area contributed by atoms with Crippen LogP contribution in [0.3, 0.4) is 0 Å². The molecule has 0 atom stereocenters. The molecule has 0 bridgehead atoms. The Morgan fingerprint density at radius 3 is 2.88 bits per heavy atom. The molecule has 0 aliphatic carbocycles. The molecule has 33 heavy (non-hydrogen) atoms. The van der Waals surface area contributed by atoms with E-state index < -0.39 is 4.92 Å². The minimum atomic E-state index is -0.543. The topological polar surface area (TPSA) is 114 Å². The molecule has 5 rings (SSSR count). The Morgan fingerprint density at radius 1 is 1.18 bits per heavy atom. The van der Waals surface area contributed by atoms with E-state index in [1.807, 2.05) is 12.1 Å². The maximum Gasteiger partial charge on any atom is 0.272 e. The van der Waals surface area contributed by atoms with Gasteiger partial charge in [0.15, 0.2) is 22.4 Å². The second kappa shape index (κ2) is 8.68. The molecule has 11 heteroatoms. The number of nitro groups is 1. The summed E-state index contributed by atoms with van der Waals surface area (Å²) in [7, 11) is 0. The molecule has 0 N–H and O–H groups in total. The van der Waals surface area contributed by atoms with E-state index >= 15 is 0 Å². The summed E-state index contributed by atoms with van der Waals surface area (Å²) >= 11 is 2.43. The summed E-state index contributed by atoms with van der Waals surface area (Å²) in [5.74, 6) is 0.943. The van der Waals surface area contributed by atoms with Crippen molar-refractivity contribution in [2.45, 2.75) is 11.7 Å². The number of non-ortho nitro benzene ring substituents is 1. The Kier molecular flexibility index (Phi) is 5.56. The van der Waals surface area contributed by atoms with E-state index in [1.54, 1.807) is 17.5 Å². The van der Waals surface area contributed by atoms with E-state index in [2.05, 4.69) is 4.98 Å². The predicted octanol–water partition coefficient (Wildman–Crippen LogP) is 4.12. The molecule has 9 nitrogen and oxygen atoms in total. The summed E-state index contributed by atoms with van der Waals surface area (Å²) in [6.07, 6.45) is 0. The first kappa shape index (κ1) is 21.2. The molecule has 0 saturated heterocycles. The number of hydrogen-bond donors (Lipinski definition) is 0. The van der Waals surface area contributed by atoms with Gasteiger partial charge in [-0.2, -0.15) is 0 Å². The van der Waals surface area contributed by atoms with E-state index in [0.29, 0.717) is 26.9 Å². The zero-order chi connectivity index (χ0) is 22.9. The third-order valence-corrected chi connectivity index (χ3v) is 6.89. The predicted molar refractivity (Wildman–Crippen MR) is 124 cm³/mol. The van der Waals surface area contributed by atoms with Crippen LogP contribution < -0.4 is 15.0 Å². The molecule has 0 unspecified atom stereocenters. The lowest BCUT2D eigenvalue weighted by molar-refractivity contribution is -0.384. The number of fused-ring (bicyclic) bond motifs is 2. The van der Waals surface area contributed by atoms with Gasteiger partial charge in [-0.15, -0.1) is 11.3 Å². The maximum absolute atomic E-state index is 13.2. The molecule has 166 valence electrons. The summed E-state index contributed by atoms with van der Waals surface area (Å²) < 4.78 is 12.8. The summed E-state index contributed by atoms with van der Waals surface area (Å²) in [4.78, 5) is 40.9. The molecule has 4 aromatic rings. The van der Waals surface area contributed by atoms with Gasteiger partial charge in [-0.1, -0.05) is 30.0 Å². The highest BCUT2D eigenvalue weighted by Crippen LogP contribution is 2.33. The summed E-state index contributed by atoms with van der Waals surface area (Å²) in [5, 5.41) is 13.2. The second-order valence-corrected chi connectivity index (χ2v) is 8.99. The molecule has 0 spiro atoms. The number of thiophene rings is 1. The summed E-state index contributed by atoms with van der Waals surface area (Å²) in [5.41, 5.74) is 1.28. The smallest absolute Gasteiger partial charge is 0.272 e. The van der Waals surface area contributed by atoms with Crippen LogP contribution in [0, 0.1) is 10.1 Å². The molecular weight excluding hydrogens is 466 g/mol. The van der Waals surface area contributed by atoms with Crippen LogP contribution in [0.25, 0.3) is 10.2 Å². The maximum atomic E-state index is 13.2. The van der Waals surface area contributed by atoms with Gasteiger partial charge in [0.1, 0.15) is 4.70 Å². The van der Waals surface area contributed by atoms with Gasteiger partial charge in [-0.25, -0.2) is 4.98 Å². The van der Waals surface area contributed by atoms with Crippen molar-refractivity contribution < 1.29 is 19.2 Å². The first-order valence-corrected chi connectivity index (χ1v) is 11.6. The Labute approximate surface area is 194 Å². The van der Waals surface area contributed by atoms with Crippen molar-refractivity contribution in [2.24, 2.45) is 0 Å². The van der Waals surface area contributed by atoms with Crippen molar-refractivity contribution in [1.82, 2.24) is 9.55 Å². The molecule has 0 saturated carbocycles. The fourth-order valence-electron chi connectivity index (χ4n) is 3.40. The minimum Gasteiger partial charge on any atom is -0.454 e. The van der Waals surface area contributed by atoms with Crippen molar-refractivity contribution in [3.63, 3.8) is 0 Å². The average Bonchev–Trinajstić information content (AvgIpc) is 3.48. The zero-order valence-electron chi connectivity index (χ0n) is 16.9. The van der Waals surface area contributed by atoms with Gasteiger partial charge in [0, 0.05) is 17.7 Å². The summed E-state index contributed by atoms with van der Waals surface area (Å²) in [6, 6.07) is 12.8. The first-order chi connectivity index (χ1) is 16.0. The van der Waals surface area contributed by atoms with Crippen molar-refractivity contribution in [3.8, 4) is 11.5 Å². The molecule has 3 heterocycles. The number of nitrogens with zero attached hydrogens (tertiary/aromatic N) is 3. The number of ether oxygens (including phenoxy) is 2. The standard InChI is InChI=1S/C22H15N3O6S2/c26-17(14-2-1-3-15(9-14)25(28)29)11-33-22-23-16-6-7-32-20(16)21(27)24(22)10-13-4-5-18-19(8-13)31-12-30-18/h1-9H,10-12H2. The van der Waals surface area contributed by atoms with E-state index in [1.165, 1.54) is 40.2 Å². The number of nitro benzene ring substituents is 1. The number of benzene rings is 2. The van der Waals surface area contributed by atoms with E-state index in [9.17, 15) is 19.7 Å². The number of aromatic nitrogens is 2. The van der Waals surface area contributed by atoms with Crippen LogP contribution >= 0.6 is 23.1 Å². The van der Waals surface area contributed by atoms with Crippen molar-refractivity contribution in [3.05, 3.63) is 85.5 Å². The van der Waals surface area contributed by atoms with Gasteiger partial charge >= 0.3 is 0 Å². The van der Waals surface area contributed by atoms with Gasteiger partial charge in [0.25, 0.3) is 11.2 Å². The number of thioether (sulfide) groups is 1. The van der Waals surface area contributed by atoms with Crippen LogP contribution in [-0.4, -0.2) is 32.8 Å². The quantitative estimate of drug-likeness (QED) is 0.127. The number of ketones is 1. The molecule has 0 fully saturated rings. The fraction of sp³-hybridized carbons (Fsp3) is 0.136. The monoisotopic (exact) mass is 481 g/mol. The number of rotatable bonds is 7. The van der Waals surface area contributed by atoms with Crippen molar-refractivity contribution in [2.75, 3.05) is 12.5 Å². The highest BCUT2D eigenvalue weighted by Gasteiger charge is 2.18. The van der Waals surface area contributed by atoms with Crippen molar-refractivity contribution >= 4 is 44.8 Å².